The minimum atomic E-state index is -0.646. The van der Waals surface area contributed by atoms with Crippen LogP contribution in [-0.4, -0.2) is 17.9 Å². The average Bonchev–Trinajstić information content (AvgIpc) is 3.21. The molecule has 8 nitrogen and oxygen atoms in total. The first-order valence-electron chi connectivity index (χ1n) is 8.52. The molecule has 1 amide bonds. The highest BCUT2D eigenvalue weighted by atomic mass is 35.5. The molecule has 9 heteroatoms. The molecule has 150 valence electrons. The second-order valence-corrected chi connectivity index (χ2v) is 6.39. The van der Waals surface area contributed by atoms with Crippen molar-refractivity contribution in [2.45, 2.75) is 0 Å². The van der Waals surface area contributed by atoms with Gasteiger partial charge in [0.2, 0.25) is 0 Å². The molecule has 0 aliphatic carbocycles. The lowest BCUT2D eigenvalue weighted by Crippen LogP contribution is -2.13. The van der Waals surface area contributed by atoms with Gasteiger partial charge in [-0.1, -0.05) is 23.7 Å². The number of hydrogen-bond acceptors (Lipinski definition) is 6. The van der Waals surface area contributed by atoms with Crippen molar-refractivity contribution in [2.24, 2.45) is 0 Å². The Morgan fingerprint density at radius 2 is 2.07 bits per heavy atom. The summed E-state index contributed by atoms with van der Waals surface area (Å²) in [7, 11) is 1.47. The van der Waals surface area contributed by atoms with Crippen LogP contribution in [0.1, 0.15) is 5.76 Å². The molecular weight excluding hydrogens is 410 g/mol. The van der Waals surface area contributed by atoms with Crippen molar-refractivity contribution in [1.82, 2.24) is 0 Å². The Labute approximate surface area is 176 Å². The molecule has 0 saturated carbocycles. The van der Waals surface area contributed by atoms with Gasteiger partial charge in [0.25, 0.3) is 11.6 Å². The number of nitro groups is 1. The first kappa shape index (κ1) is 20.6. The zero-order valence-corrected chi connectivity index (χ0v) is 16.3. The van der Waals surface area contributed by atoms with Gasteiger partial charge in [-0.05, 0) is 30.3 Å². The van der Waals surface area contributed by atoms with Gasteiger partial charge in [0.15, 0.2) is 0 Å². The van der Waals surface area contributed by atoms with E-state index in [0.717, 1.165) is 0 Å². The molecule has 2 aromatic carbocycles. The number of hydrogen-bond donors (Lipinski definition) is 1. The van der Waals surface area contributed by atoms with E-state index in [-0.39, 0.29) is 17.0 Å². The van der Waals surface area contributed by atoms with Crippen molar-refractivity contribution in [3.05, 3.63) is 81.1 Å². The Kier molecular flexibility index (Phi) is 6.15. The number of rotatable bonds is 6. The van der Waals surface area contributed by atoms with E-state index in [1.807, 2.05) is 6.07 Å². The van der Waals surface area contributed by atoms with Crippen LogP contribution in [0.2, 0.25) is 5.02 Å². The molecule has 3 rings (SSSR count). The van der Waals surface area contributed by atoms with Crippen molar-refractivity contribution < 1.29 is 18.9 Å². The van der Waals surface area contributed by atoms with E-state index < -0.39 is 10.8 Å². The quantitative estimate of drug-likeness (QED) is 0.256. The maximum Gasteiger partial charge on any atom is 0.270 e. The highest BCUT2D eigenvalue weighted by molar-refractivity contribution is 6.32. The molecular formula is C21H14ClN3O5. The van der Waals surface area contributed by atoms with Crippen molar-refractivity contribution in [1.29, 1.82) is 5.26 Å². The standard InChI is InChI=1S/C21H14ClN3O5/c1-29-20-7-5-15(11-18(20)22)24-21(26)14(12-23)10-17-6-8-19(30-17)13-3-2-4-16(9-13)25(27)28/h2-11H,1H3,(H,24,26)/b14-10+. The van der Waals surface area contributed by atoms with Crippen molar-refractivity contribution in [3.63, 3.8) is 0 Å². The highest BCUT2D eigenvalue weighted by Crippen LogP contribution is 2.28. The van der Waals surface area contributed by atoms with Crippen LogP contribution < -0.4 is 10.1 Å². The van der Waals surface area contributed by atoms with Crippen LogP contribution >= 0.6 is 11.6 Å². The average molecular weight is 424 g/mol. The lowest BCUT2D eigenvalue weighted by Gasteiger charge is -2.07. The van der Waals surface area contributed by atoms with Crippen LogP contribution in [0.4, 0.5) is 11.4 Å². The lowest BCUT2D eigenvalue weighted by atomic mass is 10.1. The Bertz CT molecular complexity index is 1190. The first-order valence-corrected chi connectivity index (χ1v) is 8.90. The molecule has 0 aliphatic rings. The van der Waals surface area contributed by atoms with Gasteiger partial charge in [-0.25, -0.2) is 0 Å². The number of non-ortho nitro benzene ring substituents is 1. The number of amides is 1. The van der Waals surface area contributed by atoms with E-state index in [1.165, 1.54) is 31.4 Å². The maximum absolute atomic E-state index is 12.4. The van der Waals surface area contributed by atoms with Crippen LogP contribution in [0.25, 0.3) is 17.4 Å². The van der Waals surface area contributed by atoms with Crippen LogP contribution in [-0.2, 0) is 4.79 Å². The van der Waals surface area contributed by atoms with E-state index in [0.29, 0.717) is 27.8 Å². The van der Waals surface area contributed by atoms with E-state index >= 15 is 0 Å². The molecule has 0 unspecified atom stereocenters. The fourth-order valence-electron chi connectivity index (χ4n) is 2.59. The third kappa shape index (κ3) is 4.66. The summed E-state index contributed by atoms with van der Waals surface area (Å²) in [6.45, 7) is 0. The van der Waals surface area contributed by atoms with Crippen LogP contribution in [0.5, 0.6) is 5.75 Å². The number of nitrogens with one attached hydrogen (secondary N) is 1. The van der Waals surface area contributed by atoms with Crippen LogP contribution in [0.15, 0.2) is 64.6 Å². The number of ether oxygens (including phenoxy) is 1. The van der Waals surface area contributed by atoms with Gasteiger partial charge >= 0.3 is 0 Å². The summed E-state index contributed by atoms with van der Waals surface area (Å²) in [5.41, 5.74) is 0.626. The van der Waals surface area contributed by atoms with Crippen molar-refractivity contribution >= 4 is 35.0 Å². The number of methoxy groups -OCH3 is 1. The maximum atomic E-state index is 12.4. The number of anilines is 1. The van der Waals surface area contributed by atoms with Gasteiger partial charge in [0, 0.05) is 29.5 Å². The Morgan fingerprint density at radius 1 is 1.27 bits per heavy atom. The molecule has 1 aromatic heterocycles. The normalized spacial score (nSPS) is 10.9. The van der Waals surface area contributed by atoms with E-state index in [4.69, 9.17) is 20.8 Å². The first-order chi connectivity index (χ1) is 14.4. The predicted octanol–water partition coefficient (Wildman–Crippen LogP) is 5.06. The Balaban J connectivity index is 1.80. The fraction of sp³-hybridized carbons (Fsp3) is 0.0476. The Hall–Kier alpha value is -4.09. The van der Waals surface area contributed by atoms with Crippen molar-refractivity contribution in [3.8, 4) is 23.1 Å². The summed E-state index contributed by atoms with van der Waals surface area (Å²) in [5, 5.41) is 23.2. The molecule has 0 fully saturated rings. The van der Waals surface area contributed by atoms with Crippen LogP contribution in [0, 0.1) is 21.4 Å². The lowest BCUT2D eigenvalue weighted by molar-refractivity contribution is -0.384. The van der Waals surface area contributed by atoms with Crippen molar-refractivity contribution in [2.75, 3.05) is 12.4 Å². The van der Waals surface area contributed by atoms with E-state index in [1.54, 1.807) is 36.4 Å². The minimum Gasteiger partial charge on any atom is -0.495 e. The fourth-order valence-corrected chi connectivity index (χ4v) is 2.85. The molecule has 0 atom stereocenters. The van der Waals surface area contributed by atoms with Gasteiger partial charge in [0.1, 0.15) is 28.9 Å². The zero-order valence-electron chi connectivity index (χ0n) is 15.6. The number of nitrogens with zero attached hydrogens (tertiary/aromatic N) is 2. The molecule has 3 aromatic rings. The largest absolute Gasteiger partial charge is 0.495 e. The molecule has 30 heavy (non-hydrogen) atoms. The monoisotopic (exact) mass is 423 g/mol. The zero-order chi connectivity index (χ0) is 21.7. The van der Waals surface area contributed by atoms with E-state index in [9.17, 15) is 20.2 Å². The summed E-state index contributed by atoms with van der Waals surface area (Å²) in [5.74, 6) is 0.419. The number of carbonyl (C=O) groups is 1. The predicted molar refractivity (Wildman–Crippen MR) is 111 cm³/mol. The second-order valence-electron chi connectivity index (χ2n) is 5.98. The number of nitro benzene ring substituents is 1. The smallest absolute Gasteiger partial charge is 0.270 e. The summed E-state index contributed by atoms with van der Waals surface area (Å²) in [6.07, 6.45) is 1.28. The molecule has 1 N–H and O–H groups in total. The van der Waals surface area contributed by atoms with E-state index in [2.05, 4.69) is 5.32 Å². The summed E-state index contributed by atoms with van der Waals surface area (Å²) in [6, 6.07) is 15.6. The highest BCUT2D eigenvalue weighted by Gasteiger charge is 2.14. The molecule has 0 spiro atoms. The summed E-state index contributed by atoms with van der Waals surface area (Å²) >= 11 is 6.03. The van der Waals surface area contributed by atoms with Gasteiger partial charge in [-0.3, -0.25) is 14.9 Å². The second kappa shape index (κ2) is 8.94. The molecule has 1 heterocycles. The van der Waals surface area contributed by atoms with Gasteiger partial charge < -0.3 is 14.5 Å². The molecule has 0 saturated heterocycles. The third-order valence-electron chi connectivity index (χ3n) is 4.03. The summed E-state index contributed by atoms with van der Waals surface area (Å²) < 4.78 is 10.7. The minimum absolute atomic E-state index is 0.0729. The number of halogens is 1. The number of benzene rings is 2. The number of nitriles is 1. The van der Waals surface area contributed by atoms with Crippen LogP contribution in [0.3, 0.4) is 0 Å². The SMILES string of the molecule is COc1ccc(NC(=O)/C(C#N)=C/c2ccc(-c3cccc([N+](=O)[O-])c3)o2)cc1Cl. The molecule has 0 bridgehead atoms. The summed E-state index contributed by atoms with van der Waals surface area (Å²) in [4.78, 5) is 22.8. The molecule has 0 aliphatic heterocycles. The van der Waals surface area contributed by atoms with Gasteiger partial charge in [-0.2, -0.15) is 5.26 Å². The van der Waals surface area contributed by atoms with Gasteiger partial charge in [0.05, 0.1) is 17.1 Å². The molecule has 0 radical (unpaired) electrons. The third-order valence-corrected chi connectivity index (χ3v) is 4.32. The number of carbonyl (C=O) groups excluding carboxylic acids is 1. The Morgan fingerprint density at radius 3 is 2.73 bits per heavy atom. The number of furan rings is 1. The van der Waals surface area contributed by atoms with Gasteiger partial charge in [-0.15, -0.1) is 0 Å². The topological polar surface area (TPSA) is 118 Å².